The molecule has 5 rings (SSSR count). The number of carbonyl (C=O) groups excluding carboxylic acids is 3. The molecule has 1 unspecified atom stereocenters. The molecule has 0 radical (unpaired) electrons. The zero-order valence-electron chi connectivity index (χ0n) is 19.7. The molecular weight excluding hydrogens is 490 g/mol. The van der Waals surface area contributed by atoms with Crippen molar-refractivity contribution >= 4 is 35.0 Å². The van der Waals surface area contributed by atoms with E-state index >= 15 is 0 Å². The third-order valence-electron chi connectivity index (χ3n) is 6.14. The van der Waals surface area contributed by atoms with Gasteiger partial charge in [0.25, 0.3) is 11.8 Å². The van der Waals surface area contributed by atoms with Gasteiger partial charge in [-0.15, -0.1) is 0 Å². The quantitative estimate of drug-likeness (QED) is 0.417. The number of aromatic nitrogens is 3. The average molecular weight is 512 g/mol. The van der Waals surface area contributed by atoms with Crippen LogP contribution >= 0.6 is 11.6 Å². The second-order valence-corrected chi connectivity index (χ2v) is 9.01. The number of rotatable bonds is 6. The third-order valence-corrected chi connectivity index (χ3v) is 6.45. The number of anilines is 1. The number of hydrogen-bond acceptors (Lipinski definition) is 6. The zero-order chi connectivity index (χ0) is 25.8. The lowest BCUT2D eigenvalue weighted by atomic mass is 10.0. The highest BCUT2D eigenvalue weighted by atomic mass is 35.5. The summed E-state index contributed by atoms with van der Waals surface area (Å²) < 4.78 is 0. The van der Waals surface area contributed by atoms with Crippen molar-refractivity contribution in [2.24, 2.45) is 0 Å². The normalized spacial score (nSPS) is 15.2. The summed E-state index contributed by atoms with van der Waals surface area (Å²) in [6.07, 6.45) is 5.15. The van der Waals surface area contributed by atoms with E-state index in [0.29, 0.717) is 28.3 Å². The van der Waals surface area contributed by atoms with Gasteiger partial charge in [0.05, 0.1) is 34.3 Å². The van der Waals surface area contributed by atoms with E-state index in [1.807, 2.05) is 12.1 Å². The second kappa shape index (κ2) is 10.7. The molecule has 0 saturated carbocycles. The van der Waals surface area contributed by atoms with E-state index in [9.17, 15) is 14.4 Å². The van der Waals surface area contributed by atoms with Crippen molar-refractivity contribution in [2.45, 2.75) is 25.4 Å². The van der Waals surface area contributed by atoms with Gasteiger partial charge in [0, 0.05) is 37.3 Å². The molecule has 1 atom stereocenters. The molecule has 2 amide bonds. The number of nitrogens with zero attached hydrogens (tertiary/aromatic N) is 4. The molecule has 37 heavy (non-hydrogen) atoms. The molecule has 3 aromatic heterocycles. The fourth-order valence-electron chi connectivity index (χ4n) is 4.31. The summed E-state index contributed by atoms with van der Waals surface area (Å²) >= 11 is 6.48. The summed E-state index contributed by atoms with van der Waals surface area (Å²) in [4.78, 5) is 54.0. The smallest absolute Gasteiger partial charge is 0.258 e. The van der Waals surface area contributed by atoms with Crippen LogP contribution in [0, 0.1) is 0 Å². The molecule has 4 aromatic rings. The molecule has 184 valence electrons. The van der Waals surface area contributed by atoms with E-state index < -0.39 is 11.9 Å². The largest absolute Gasteiger partial charge is 0.324 e. The first-order valence-electron chi connectivity index (χ1n) is 11.7. The summed E-state index contributed by atoms with van der Waals surface area (Å²) in [5.74, 6) is -0.396. The van der Waals surface area contributed by atoms with Crippen LogP contribution in [-0.2, 0) is 24.2 Å². The van der Waals surface area contributed by atoms with Gasteiger partial charge >= 0.3 is 0 Å². The van der Waals surface area contributed by atoms with Crippen molar-refractivity contribution in [3.8, 4) is 0 Å². The summed E-state index contributed by atoms with van der Waals surface area (Å²) in [6, 6.07) is 18.3. The molecule has 8 nitrogen and oxygen atoms in total. The van der Waals surface area contributed by atoms with E-state index in [1.165, 1.54) is 0 Å². The zero-order valence-corrected chi connectivity index (χ0v) is 20.4. The Morgan fingerprint density at radius 3 is 2.46 bits per heavy atom. The van der Waals surface area contributed by atoms with E-state index in [2.05, 4.69) is 20.3 Å². The highest BCUT2D eigenvalue weighted by Gasteiger charge is 2.36. The average Bonchev–Trinajstić information content (AvgIpc) is 3.00. The van der Waals surface area contributed by atoms with Crippen LogP contribution in [0.5, 0.6) is 0 Å². The number of benzene rings is 1. The second-order valence-electron chi connectivity index (χ2n) is 8.60. The van der Waals surface area contributed by atoms with Crippen LogP contribution < -0.4 is 5.32 Å². The number of carbonyl (C=O) groups is 3. The number of amides is 2. The predicted molar refractivity (Wildman–Crippen MR) is 138 cm³/mol. The van der Waals surface area contributed by atoms with Gasteiger partial charge in [-0.2, -0.15) is 0 Å². The molecule has 0 saturated heterocycles. The highest BCUT2D eigenvalue weighted by Crippen LogP contribution is 2.26. The SMILES string of the molecule is O=C(Nc1ccccn1)c1ccc(CN2C(=O)c3cccnc3CC(=O)C2Cc2ccccn2)cc1Cl. The first-order valence-corrected chi connectivity index (χ1v) is 12.1. The topological polar surface area (TPSA) is 105 Å². The Labute approximate surface area is 218 Å². The van der Waals surface area contributed by atoms with Gasteiger partial charge in [0.2, 0.25) is 0 Å². The van der Waals surface area contributed by atoms with Crippen LogP contribution in [0.3, 0.4) is 0 Å². The molecular formula is C28H22ClN5O3. The first-order chi connectivity index (χ1) is 18.0. The lowest BCUT2D eigenvalue weighted by molar-refractivity contribution is -0.122. The molecule has 0 bridgehead atoms. The number of ketones is 1. The van der Waals surface area contributed by atoms with Gasteiger partial charge in [0.15, 0.2) is 5.78 Å². The number of hydrogen-bond donors (Lipinski definition) is 1. The van der Waals surface area contributed by atoms with Crippen molar-refractivity contribution in [2.75, 3.05) is 5.32 Å². The van der Waals surface area contributed by atoms with E-state index in [1.54, 1.807) is 78.1 Å². The van der Waals surface area contributed by atoms with Crippen molar-refractivity contribution < 1.29 is 14.4 Å². The van der Waals surface area contributed by atoms with E-state index in [-0.39, 0.29) is 41.7 Å². The van der Waals surface area contributed by atoms with Crippen molar-refractivity contribution in [3.63, 3.8) is 0 Å². The fraction of sp³-hybridized carbons (Fsp3) is 0.143. The van der Waals surface area contributed by atoms with Gasteiger partial charge < -0.3 is 10.2 Å². The van der Waals surface area contributed by atoms with Gasteiger partial charge in [-0.25, -0.2) is 4.98 Å². The molecule has 1 aromatic carbocycles. The first kappa shape index (κ1) is 24.3. The van der Waals surface area contributed by atoms with Crippen LogP contribution in [0.25, 0.3) is 0 Å². The number of nitrogens with one attached hydrogen (secondary N) is 1. The minimum atomic E-state index is -0.734. The number of pyridine rings is 3. The van der Waals surface area contributed by atoms with Gasteiger partial charge in [-0.05, 0) is 54.1 Å². The maximum Gasteiger partial charge on any atom is 0.258 e. The van der Waals surface area contributed by atoms with Gasteiger partial charge in [0.1, 0.15) is 5.82 Å². The Morgan fingerprint density at radius 1 is 0.946 bits per heavy atom. The Balaban J connectivity index is 1.44. The molecule has 9 heteroatoms. The van der Waals surface area contributed by atoms with Crippen LogP contribution in [-0.4, -0.2) is 43.5 Å². The van der Waals surface area contributed by atoms with Crippen LogP contribution in [0.1, 0.15) is 37.7 Å². The minimum absolute atomic E-state index is 0.0588. The summed E-state index contributed by atoms with van der Waals surface area (Å²) in [5.41, 5.74) is 2.52. The monoisotopic (exact) mass is 511 g/mol. The third kappa shape index (κ3) is 5.39. The van der Waals surface area contributed by atoms with Crippen LogP contribution in [0.4, 0.5) is 5.82 Å². The van der Waals surface area contributed by atoms with Crippen molar-refractivity contribution in [1.82, 2.24) is 19.9 Å². The standard InChI is InChI=1S/C28H22ClN5O3/c29-22-14-18(9-10-20(22)27(36)33-26-8-2-4-12-32-26)17-34-24(15-19-6-1-3-11-30-19)25(35)16-23-21(28(34)37)7-5-13-31-23/h1-14,24H,15-17H2,(H,32,33,36). The molecule has 0 spiro atoms. The minimum Gasteiger partial charge on any atom is -0.324 e. The van der Waals surface area contributed by atoms with E-state index in [4.69, 9.17) is 11.6 Å². The molecule has 1 aliphatic rings. The lowest BCUT2D eigenvalue weighted by Crippen LogP contribution is -2.45. The Kier molecular flexibility index (Phi) is 7.00. The number of fused-ring (bicyclic) bond motifs is 1. The molecule has 1 aliphatic heterocycles. The number of Topliss-reactive ketones (excluding diaryl/α,β-unsaturated/α-hetero) is 1. The molecule has 1 N–H and O–H groups in total. The Bertz CT molecular complexity index is 1460. The predicted octanol–water partition coefficient (Wildman–Crippen LogP) is 4.16. The molecule has 4 heterocycles. The van der Waals surface area contributed by atoms with Gasteiger partial charge in [-0.1, -0.05) is 29.8 Å². The van der Waals surface area contributed by atoms with Crippen molar-refractivity contribution in [1.29, 1.82) is 0 Å². The number of halogens is 1. The Hall–Kier alpha value is -4.43. The van der Waals surface area contributed by atoms with Gasteiger partial charge in [-0.3, -0.25) is 24.4 Å². The van der Waals surface area contributed by atoms with Crippen molar-refractivity contribution in [3.05, 3.63) is 118 Å². The van der Waals surface area contributed by atoms with Crippen LogP contribution in [0.15, 0.2) is 85.3 Å². The highest BCUT2D eigenvalue weighted by molar-refractivity contribution is 6.34. The molecule has 0 aliphatic carbocycles. The lowest BCUT2D eigenvalue weighted by Gasteiger charge is -2.29. The Morgan fingerprint density at radius 2 is 1.73 bits per heavy atom. The summed E-state index contributed by atoms with van der Waals surface area (Å²) in [7, 11) is 0. The molecule has 0 fully saturated rings. The summed E-state index contributed by atoms with van der Waals surface area (Å²) in [6.45, 7) is 0.123. The fourth-order valence-corrected chi connectivity index (χ4v) is 4.60. The van der Waals surface area contributed by atoms with Crippen LogP contribution in [0.2, 0.25) is 5.02 Å². The summed E-state index contributed by atoms with van der Waals surface area (Å²) in [5, 5.41) is 2.93. The maximum absolute atomic E-state index is 13.7. The van der Waals surface area contributed by atoms with E-state index in [0.717, 1.165) is 0 Å². The maximum atomic E-state index is 13.7.